The van der Waals surface area contributed by atoms with Crippen molar-refractivity contribution >= 4 is 44.6 Å². The summed E-state index contributed by atoms with van der Waals surface area (Å²) >= 11 is 1.86. The molecule has 1 aliphatic carbocycles. The van der Waals surface area contributed by atoms with Crippen LogP contribution in [0.15, 0.2) is 198 Å². The molecule has 0 fully saturated rings. The minimum Gasteiger partial charge on any atom is -0.295 e. The van der Waals surface area contributed by atoms with Crippen molar-refractivity contribution in [1.82, 2.24) is 24.1 Å². The number of benzene rings is 8. The van der Waals surface area contributed by atoms with Crippen LogP contribution >= 0.6 is 11.8 Å². The van der Waals surface area contributed by atoms with Crippen LogP contribution in [0, 0.1) is 0 Å². The summed E-state index contributed by atoms with van der Waals surface area (Å²) in [6.07, 6.45) is 0. The van der Waals surface area contributed by atoms with Crippen LogP contribution in [0.2, 0.25) is 0 Å². The second-order valence-corrected chi connectivity index (χ2v) is 17.9. The Labute approximate surface area is 363 Å². The third-order valence-corrected chi connectivity index (χ3v) is 14.1. The Hall–Kier alpha value is -7.54. The van der Waals surface area contributed by atoms with Crippen molar-refractivity contribution in [1.29, 1.82) is 0 Å². The summed E-state index contributed by atoms with van der Waals surface area (Å²) in [4.78, 5) is 18.0. The van der Waals surface area contributed by atoms with Crippen molar-refractivity contribution < 1.29 is 0 Å². The highest BCUT2D eigenvalue weighted by molar-refractivity contribution is 7.99. The fourth-order valence-corrected chi connectivity index (χ4v) is 11.1. The molecule has 5 nitrogen and oxygen atoms in total. The van der Waals surface area contributed by atoms with E-state index in [-0.39, 0.29) is 5.41 Å². The van der Waals surface area contributed by atoms with E-state index in [1.54, 1.807) is 0 Å². The highest BCUT2D eigenvalue weighted by Crippen LogP contribution is 2.51. The number of para-hydroxylation sites is 3. The van der Waals surface area contributed by atoms with E-state index in [0.717, 1.165) is 33.5 Å². The maximum absolute atomic E-state index is 5.23. The normalized spacial score (nSPS) is 13.4. The van der Waals surface area contributed by atoms with E-state index in [0.29, 0.717) is 17.5 Å². The lowest BCUT2D eigenvalue weighted by Gasteiger charge is -2.21. The zero-order valence-electron chi connectivity index (χ0n) is 34.0. The summed E-state index contributed by atoms with van der Waals surface area (Å²) in [5, 5.41) is 3.73. The van der Waals surface area contributed by atoms with E-state index < -0.39 is 0 Å². The number of fused-ring (bicyclic) bond motifs is 10. The van der Waals surface area contributed by atoms with E-state index in [1.807, 2.05) is 30.0 Å². The molecule has 4 heterocycles. The lowest BCUT2D eigenvalue weighted by atomic mass is 9.82. The van der Waals surface area contributed by atoms with Gasteiger partial charge in [0.15, 0.2) is 17.5 Å². The molecule has 292 valence electrons. The van der Waals surface area contributed by atoms with Crippen molar-refractivity contribution in [2.45, 2.75) is 29.1 Å². The Bertz CT molecular complexity index is 3640. The number of hydrogen-bond donors (Lipinski definition) is 0. The lowest BCUT2D eigenvalue weighted by Crippen LogP contribution is -2.14. The maximum atomic E-state index is 5.23. The summed E-state index contributed by atoms with van der Waals surface area (Å²) < 4.78 is 4.93. The lowest BCUT2D eigenvalue weighted by molar-refractivity contribution is 0.660. The maximum Gasteiger partial charge on any atom is 0.164 e. The first-order chi connectivity index (χ1) is 30.5. The van der Waals surface area contributed by atoms with Crippen molar-refractivity contribution in [3.05, 3.63) is 199 Å². The highest BCUT2D eigenvalue weighted by atomic mass is 32.2. The third-order valence-electron chi connectivity index (χ3n) is 12.9. The van der Waals surface area contributed by atoms with E-state index >= 15 is 0 Å². The van der Waals surface area contributed by atoms with Crippen molar-refractivity contribution in [3.63, 3.8) is 0 Å². The van der Waals surface area contributed by atoms with Crippen LogP contribution in [0.25, 0.3) is 101 Å². The highest BCUT2D eigenvalue weighted by Gasteiger charge is 2.35. The molecule has 0 saturated carbocycles. The van der Waals surface area contributed by atoms with Crippen LogP contribution in [0.1, 0.15) is 25.0 Å². The average molecular weight is 812 g/mol. The van der Waals surface area contributed by atoms with Crippen LogP contribution in [-0.4, -0.2) is 24.1 Å². The Kier molecular flexibility index (Phi) is 7.52. The van der Waals surface area contributed by atoms with Gasteiger partial charge in [-0.3, -0.25) is 9.13 Å². The molecule has 0 atom stereocenters. The molecule has 3 aromatic heterocycles. The average Bonchev–Trinajstić information content (AvgIpc) is 3.93. The molecule has 8 aromatic carbocycles. The standard InChI is InChI=1S/C56H37N5S/c1-56(2)44-23-10-9-21-40(44)42-33-38(27-29-45(42)56)54-58-52(34-15-5-3-6-16-34)57-53(59-54)37-18-13-17-35(31-37)36-28-30-46-43(32-36)50-41-22-14-26-49-51(41)61(47-24-11-12-25-48(47)62-49)55(50)60(46)39-19-7-4-8-20-39/h3-33H,1-2H3. The molecule has 0 spiro atoms. The second kappa shape index (κ2) is 13.2. The molecule has 13 rings (SSSR count). The van der Waals surface area contributed by atoms with Gasteiger partial charge in [0.25, 0.3) is 0 Å². The van der Waals surface area contributed by atoms with Crippen LogP contribution in [-0.2, 0) is 5.41 Å². The van der Waals surface area contributed by atoms with Crippen molar-refractivity contribution in [2.75, 3.05) is 0 Å². The smallest absolute Gasteiger partial charge is 0.164 e. The molecule has 62 heavy (non-hydrogen) atoms. The van der Waals surface area contributed by atoms with E-state index in [4.69, 9.17) is 15.0 Å². The van der Waals surface area contributed by atoms with Gasteiger partial charge in [-0.25, -0.2) is 15.0 Å². The molecule has 1 aliphatic heterocycles. The molecule has 0 N–H and O–H groups in total. The van der Waals surface area contributed by atoms with Gasteiger partial charge >= 0.3 is 0 Å². The van der Waals surface area contributed by atoms with Gasteiger partial charge in [0.2, 0.25) is 0 Å². The van der Waals surface area contributed by atoms with Crippen molar-refractivity contribution in [2.24, 2.45) is 0 Å². The van der Waals surface area contributed by atoms with Gasteiger partial charge in [-0.1, -0.05) is 159 Å². The fourth-order valence-electron chi connectivity index (χ4n) is 10.0. The Morgan fingerprint density at radius 3 is 1.89 bits per heavy atom. The zero-order valence-corrected chi connectivity index (χ0v) is 34.9. The monoisotopic (exact) mass is 811 g/mol. The number of aromatic nitrogens is 5. The topological polar surface area (TPSA) is 48.5 Å². The first kappa shape index (κ1) is 35.2. The van der Waals surface area contributed by atoms with Gasteiger partial charge in [0.05, 0.1) is 16.7 Å². The largest absolute Gasteiger partial charge is 0.295 e. The molecule has 0 bridgehead atoms. The van der Waals surface area contributed by atoms with E-state index in [1.165, 1.54) is 70.6 Å². The van der Waals surface area contributed by atoms with Gasteiger partial charge in [0.1, 0.15) is 5.65 Å². The fraction of sp³-hybridized carbons (Fsp3) is 0.0536. The number of nitrogens with zero attached hydrogens (tertiary/aromatic N) is 5. The molecule has 6 heteroatoms. The van der Waals surface area contributed by atoms with Gasteiger partial charge < -0.3 is 0 Å². The molecule has 0 unspecified atom stereocenters. The molecular formula is C56H37N5S. The molecule has 0 saturated heterocycles. The van der Waals surface area contributed by atoms with E-state index in [2.05, 4.69) is 193 Å². The van der Waals surface area contributed by atoms with Crippen LogP contribution < -0.4 is 0 Å². The first-order valence-electron chi connectivity index (χ1n) is 21.1. The summed E-state index contributed by atoms with van der Waals surface area (Å²) in [6.45, 7) is 4.62. The minimum atomic E-state index is -0.0807. The quantitative estimate of drug-likeness (QED) is 0.174. The van der Waals surface area contributed by atoms with E-state index in [9.17, 15) is 0 Å². The third kappa shape index (κ3) is 5.14. The molecule has 0 amide bonds. The number of hydrogen-bond acceptors (Lipinski definition) is 4. The summed E-state index contributed by atoms with van der Waals surface area (Å²) in [7, 11) is 0. The van der Waals surface area contributed by atoms with Crippen LogP contribution in [0.3, 0.4) is 0 Å². The van der Waals surface area contributed by atoms with Crippen LogP contribution in [0.5, 0.6) is 0 Å². The zero-order chi connectivity index (χ0) is 41.1. The van der Waals surface area contributed by atoms with Gasteiger partial charge in [-0.2, -0.15) is 0 Å². The molecular weight excluding hydrogens is 775 g/mol. The molecule has 11 aromatic rings. The van der Waals surface area contributed by atoms with Crippen LogP contribution in [0.4, 0.5) is 0 Å². The summed E-state index contributed by atoms with van der Waals surface area (Å²) in [6, 6.07) is 67.5. The van der Waals surface area contributed by atoms with Crippen molar-refractivity contribution in [3.8, 4) is 67.8 Å². The Morgan fingerprint density at radius 2 is 1.05 bits per heavy atom. The van der Waals surface area contributed by atoms with Gasteiger partial charge in [-0.15, -0.1) is 0 Å². The minimum absolute atomic E-state index is 0.0807. The molecule has 2 aliphatic rings. The second-order valence-electron chi connectivity index (χ2n) is 16.8. The summed E-state index contributed by atoms with van der Waals surface area (Å²) in [5.74, 6) is 1.94. The first-order valence-corrected chi connectivity index (χ1v) is 21.9. The Morgan fingerprint density at radius 1 is 0.435 bits per heavy atom. The van der Waals surface area contributed by atoms with Gasteiger partial charge in [-0.05, 0) is 88.0 Å². The Balaban J connectivity index is 0.991. The van der Waals surface area contributed by atoms with Gasteiger partial charge in [0, 0.05) is 53.7 Å². The predicted octanol–water partition coefficient (Wildman–Crippen LogP) is 14.4. The number of rotatable bonds is 5. The summed E-state index contributed by atoms with van der Waals surface area (Å²) in [5.41, 5.74) is 16.1. The predicted molar refractivity (Wildman–Crippen MR) is 254 cm³/mol. The molecule has 0 radical (unpaired) electrons. The SMILES string of the molecule is CC1(C)c2ccccc2-c2cc(-c3nc(-c4ccccc4)nc(-c4cccc(-c5ccc6c(c5)c5c7cccc8c7n(c5n6-c5ccccc5)-c5ccccc5S8)c4)n3)ccc21.